The van der Waals surface area contributed by atoms with E-state index < -0.39 is 0 Å². The second-order valence-corrected chi connectivity index (χ2v) is 6.46. The summed E-state index contributed by atoms with van der Waals surface area (Å²) in [6.07, 6.45) is 0. The Hall–Kier alpha value is -2.21. The molecule has 0 radical (unpaired) electrons. The number of pyridine rings is 1. The summed E-state index contributed by atoms with van der Waals surface area (Å²) in [6, 6.07) is 16.5. The Labute approximate surface area is 157 Å². The molecule has 2 aromatic carbocycles. The molecule has 2 heterocycles. The number of piperazine rings is 1. The smallest absolute Gasteiger partial charge is 0.252 e. The fourth-order valence-electron chi connectivity index (χ4n) is 3.51. The van der Waals surface area contributed by atoms with E-state index in [4.69, 9.17) is 0 Å². The molecule has 0 saturated carbocycles. The maximum atomic E-state index is 13.6. The summed E-state index contributed by atoms with van der Waals surface area (Å²) in [4.78, 5) is 17.6. The predicted octanol–water partition coefficient (Wildman–Crippen LogP) is 3.24. The Balaban J connectivity index is 0.00000196. The first-order valence-corrected chi connectivity index (χ1v) is 8.52. The number of rotatable bonds is 3. The van der Waals surface area contributed by atoms with Crippen LogP contribution in [0.15, 0.2) is 59.4 Å². The minimum atomic E-state index is -0.230. The van der Waals surface area contributed by atoms with Crippen molar-refractivity contribution in [2.75, 3.05) is 19.6 Å². The molecule has 0 amide bonds. The van der Waals surface area contributed by atoms with Crippen LogP contribution in [0.3, 0.4) is 0 Å². The highest BCUT2D eigenvalue weighted by atomic mass is 35.5. The molecular weight excluding hydrogens is 353 g/mol. The normalized spacial score (nSPS) is 17.8. The molecule has 3 aromatic rings. The van der Waals surface area contributed by atoms with Crippen LogP contribution in [0.25, 0.3) is 10.9 Å². The van der Waals surface area contributed by atoms with Crippen molar-refractivity contribution in [2.24, 2.45) is 0 Å². The van der Waals surface area contributed by atoms with Gasteiger partial charge in [-0.1, -0.05) is 30.3 Å². The van der Waals surface area contributed by atoms with Crippen LogP contribution < -0.4 is 10.9 Å². The van der Waals surface area contributed by atoms with Crippen molar-refractivity contribution in [1.29, 1.82) is 0 Å². The van der Waals surface area contributed by atoms with Gasteiger partial charge in [-0.3, -0.25) is 9.69 Å². The van der Waals surface area contributed by atoms with E-state index in [1.807, 2.05) is 36.4 Å². The molecule has 1 aliphatic heterocycles. The molecular formula is C20H21ClFN3O. The van der Waals surface area contributed by atoms with Crippen molar-refractivity contribution in [3.05, 3.63) is 81.9 Å². The number of fused-ring (bicyclic) bond motifs is 1. The number of nitrogens with zero attached hydrogens (tertiary/aromatic N) is 1. The van der Waals surface area contributed by atoms with Gasteiger partial charge in [0.05, 0.1) is 0 Å². The summed E-state index contributed by atoms with van der Waals surface area (Å²) in [6.45, 7) is 2.96. The van der Waals surface area contributed by atoms with E-state index in [1.165, 1.54) is 6.07 Å². The number of benzene rings is 2. The molecule has 1 fully saturated rings. The Morgan fingerprint density at radius 1 is 1.12 bits per heavy atom. The second-order valence-electron chi connectivity index (χ2n) is 6.46. The molecule has 1 saturated heterocycles. The van der Waals surface area contributed by atoms with Gasteiger partial charge in [0, 0.05) is 43.3 Å². The molecule has 136 valence electrons. The fraction of sp³-hybridized carbons (Fsp3) is 0.250. The first kappa shape index (κ1) is 18.6. The second kappa shape index (κ2) is 7.99. The molecule has 4 nitrogen and oxygen atoms in total. The van der Waals surface area contributed by atoms with Crippen molar-refractivity contribution in [3.8, 4) is 0 Å². The van der Waals surface area contributed by atoms with Gasteiger partial charge in [0.2, 0.25) is 0 Å². The van der Waals surface area contributed by atoms with Gasteiger partial charge in [0.25, 0.3) is 5.56 Å². The van der Waals surface area contributed by atoms with E-state index in [0.717, 1.165) is 41.7 Å². The molecule has 1 unspecified atom stereocenters. The Bertz CT molecular complexity index is 959. The lowest BCUT2D eigenvalue weighted by Gasteiger charge is -2.36. The van der Waals surface area contributed by atoms with Gasteiger partial charge < -0.3 is 10.3 Å². The minimum absolute atomic E-state index is 0. The third kappa shape index (κ3) is 3.80. The molecule has 1 atom stereocenters. The highest BCUT2D eigenvalue weighted by Crippen LogP contribution is 2.24. The molecule has 0 bridgehead atoms. The summed E-state index contributed by atoms with van der Waals surface area (Å²) >= 11 is 0. The third-order valence-electron chi connectivity index (χ3n) is 4.79. The van der Waals surface area contributed by atoms with Crippen molar-refractivity contribution >= 4 is 23.3 Å². The van der Waals surface area contributed by atoms with E-state index in [0.29, 0.717) is 6.54 Å². The third-order valence-corrected chi connectivity index (χ3v) is 4.79. The van der Waals surface area contributed by atoms with Crippen molar-refractivity contribution in [3.63, 3.8) is 0 Å². The van der Waals surface area contributed by atoms with Crippen LogP contribution in [0.2, 0.25) is 0 Å². The highest BCUT2D eigenvalue weighted by Gasteiger charge is 2.24. The van der Waals surface area contributed by atoms with Crippen molar-refractivity contribution in [2.45, 2.75) is 12.6 Å². The van der Waals surface area contributed by atoms with Crippen molar-refractivity contribution in [1.82, 2.24) is 15.2 Å². The summed E-state index contributed by atoms with van der Waals surface area (Å²) in [5.41, 5.74) is 2.46. The highest BCUT2D eigenvalue weighted by molar-refractivity contribution is 5.85. The van der Waals surface area contributed by atoms with Crippen molar-refractivity contribution < 1.29 is 4.39 Å². The topological polar surface area (TPSA) is 48.1 Å². The number of nitrogens with one attached hydrogen (secondary N) is 2. The molecule has 1 aliphatic rings. The summed E-state index contributed by atoms with van der Waals surface area (Å²) in [5, 5.41) is 4.39. The van der Waals surface area contributed by atoms with Crippen LogP contribution in [-0.2, 0) is 6.54 Å². The lowest BCUT2D eigenvalue weighted by molar-refractivity contribution is 0.153. The molecule has 0 spiro atoms. The van der Waals surface area contributed by atoms with Crippen LogP contribution in [0.4, 0.5) is 4.39 Å². The molecule has 1 aromatic heterocycles. The van der Waals surface area contributed by atoms with E-state index in [2.05, 4.69) is 15.2 Å². The first-order valence-electron chi connectivity index (χ1n) is 8.52. The fourth-order valence-corrected chi connectivity index (χ4v) is 3.51. The van der Waals surface area contributed by atoms with Gasteiger partial charge >= 0.3 is 0 Å². The number of aromatic nitrogens is 1. The molecule has 0 aliphatic carbocycles. The van der Waals surface area contributed by atoms with Gasteiger partial charge in [0.1, 0.15) is 5.82 Å². The zero-order chi connectivity index (χ0) is 17.2. The minimum Gasteiger partial charge on any atom is -0.322 e. The van der Waals surface area contributed by atoms with Gasteiger partial charge in [0.15, 0.2) is 0 Å². The quantitative estimate of drug-likeness (QED) is 0.741. The Kier molecular flexibility index (Phi) is 5.71. The zero-order valence-corrected chi connectivity index (χ0v) is 15.1. The van der Waals surface area contributed by atoms with Crippen LogP contribution >= 0.6 is 12.4 Å². The molecule has 6 heteroatoms. The number of hydrogen-bond donors (Lipinski definition) is 2. The Morgan fingerprint density at radius 2 is 1.96 bits per heavy atom. The molecule has 26 heavy (non-hydrogen) atoms. The summed E-state index contributed by atoms with van der Waals surface area (Å²) < 4.78 is 13.6. The molecule has 2 N–H and O–H groups in total. The number of para-hydroxylation sites is 1. The number of H-pyrrole nitrogens is 1. The Morgan fingerprint density at radius 3 is 2.81 bits per heavy atom. The van der Waals surface area contributed by atoms with E-state index in [1.54, 1.807) is 12.1 Å². The predicted molar refractivity (Wildman–Crippen MR) is 104 cm³/mol. The monoisotopic (exact) mass is 373 g/mol. The van der Waals surface area contributed by atoms with Crippen LogP contribution in [0.5, 0.6) is 0 Å². The molecule has 4 rings (SSSR count). The van der Waals surface area contributed by atoms with Crippen LogP contribution in [0.1, 0.15) is 17.2 Å². The van der Waals surface area contributed by atoms with Gasteiger partial charge in [-0.05, 0) is 35.2 Å². The number of aromatic amines is 1. The lowest BCUT2D eigenvalue weighted by Crippen LogP contribution is -2.46. The number of halogens is 2. The van der Waals surface area contributed by atoms with Crippen LogP contribution in [-0.4, -0.2) is 29.5 Å². The maximum absolute atomic E-state index is 13.6. The standard InChI is InChI=1S/C20H20FN3O.ClH/c21-17-6-3-5-15(11-17)19-12-22-8-9-24(19)13-16-10-14-4-1-2-7-18(14)23-20(16)25;/h1-7,10-11,19,22H,8-9,12-13H2,(H,23,25);1H. The average molecular weight is 374 g/mol. The number of hydrogen-bond acceptors (Lipinski definition) is 3. The lowest BCUT2D eigenvalue weighted by atomic mass is 10.0. The first-order chi connectivity index (χ1) is 12.2. The van der Waals surface area contributed by atoms with Gasteiger partial charge in [-0.15, -0.1) is 12.4 Å². The van der Waals surface area contributed by atoms with E-state index >= 15 is 0 Å². The van der Waals surface area contributed by atoms with Gasteiger partial charge in [-0.25, -0.2) is 4.39 Å². The van der Waals surface area contributed by atoms with E-state index in [-0.39, 0.29) is 29.8 Å². The van der Waals surface area contributed by atoms with Gasteiger partial charge in [-0.2, -0.15) is 0 Å². The zero-order valence-electron chi connectivity index (χ0n) is 14.2. The van der Waals surface area contributed by atoms with E-state index in [9.17, 15) is 9.18 Å². The average Bonchev–Trinajstić information content (AvgIpc) is 2.63. The largest absolute Gasteiger partial charge is 0.322 e. The summed E-state index contributed by atoms with van der Waals surface area (Å²) in [5.74, 6) is -0.230. The SMILES string of the molecule is Cl.O=c1[nH]c2ccccc2cc1CN1CCNCC1c1cccc(F)c1. The maximum Gasteiger partial charge on any atom is 0.252 e. The summed E-state index contributed by atoms with van der Waals surface area (Å²) in [7, 11) is 0. The van der Waals surface area contributed by atoms with Crippen LogP contribution in [0, 0.1) is 5.82 Å².